The Labute approximate surface area is 141 Å². The van der Waals surface area contributed by atoms with E-state index in [4.69, 9.17) is 0 Å². The SMILES string of the molecule is CC1CCCCN1CCNC(=O)c1ccc(S(=O)(=O)C(F)F)cc1. The van der Waals surface area contributed by atoms with Gasteiger partial charge in [-0.05, 0) is 50.6 Å². The molecule has 1 unspecified atom stereocenters. The minimum absolute atomic E-state index is 0.245. The second-order valence-corrected chi connectivity index (χ2v) is 7.88. The standard InChI is InChI=1S/C16H22F2N2O3S/c1-12-4-2-3-10-20(12)11-9-19-15(21)13-5-7-14(8-6-13)24(22,23)16(17)18/h5-8,12,16H,2-4,9-11H2,1H3,(H,19,21). The van der Waals surface area contributed by atoms with Crippen LogP contribution >= 0.6 is 0 Å². The summed E-state index contributed by atoms with van der Waals surface area (Å²) < 4.78 is 47.6. The molecule has 2 rings (SSSR count). The van der Waals surface area contributed by atoms with Gasteiger partial charge in [0, 0.05) is 24.7 Å². The van der Waals surface area contributed by atoms with Crippen molar-refractivity contribution in [3.63, 3.8) is 0 Å². The van der Waals surface area contributed by atoms with Gasteiger partial charge in [0.2, 0.25) is 9.84 Å². The van der Waals surface area contributed by atoms with Gasteiger partial charge in [0.1, 0.15) is 0 Å². The lowest BCUT2D eigenvalue weighted by atomic mass is 10.0. The summed E-state index contributed by atoms with van der Waals surface area (Å²) >= 11 is 0. The molecule has 1 heterocycles. The van der Waals surface area contributed by atoms with Gasteiger partial charge in [0.05, 0.1) is 4.90 Å². The van der Waals surface area contributed by atoms with Crippen LogP contribution in [0.25, 0.3) is 0 Å². The Bertz CT molecular complexity index is 662. The summed E-state index contributed by atoms with van der Waals surface area (Å²) in [7, 11) is -4.63. The van der Waals surface area contributed by atoms with Crippen molar-refractivity contribution >= 4 is 15.7 Å². The topological polar surface area (TPSA) is 66.5 Å². The average molecular weight is 360 g/mol. The highest BCUT2D eigenvalue weighted by Gasteiger charge is 2.26. The molecule has 1 aromatic carbocycles. The van der Waals surface area contributed by atoms with Crippen LogP contribution in [0.2, 0.25) is 0 Å². The van der Waals surface area contributed by atoms with E-state index in [1.165, 1.54) is 25.0 Å². The first-order valence-corrected chi connectivity index (χ1v) is 9.51. The fraction of sp³-hybridized carbons (Fsp3) is 0.562. The highest BCUT2D eigenvalue weighted by Crippen LogP contribution is 2.18. The fourth-order valence-corrected chi connectivity index (χ4v) is 3.52. The number of carbonyl (C=O) groups is 1. The van der Waals surface area contributed by atoms with Crippen LogP contribution in [0.3, 0.4) is 0 Å². The largest absolute Gasteiger partial charge is 0.351 e. The monoisotopic (exact) mass is 360 g/mol. The Hall–Kier alpha value is -1.54. The van der Waals surface area contributed by atoms with Crippen LogP contribution in [0.15, 0.2) is 29.2 Å². The smallest absolute Gasteiger partial charge is 0.341 e. The van der Waals surface area contributed by atoms with Crippen LogP contribution in [-0.2, 0) is 9.84 Å². The van der Waals surface area contributed by atoms with Gasteiger partial charge in [-0.2, -0.15) is 8.78 Å². The summed E-state index contributed by atoms with van der Waals surface area (Å²) in [5.74, 6) is -3.82. The van der Waals surface area contributed by atoms with Gasteiger partial charge in [-0.25, -0.2) is 8.42 Å². The maximum atomic E-state index is 12.5. The highest BCUT2D eigenvalue weighted by atomic mass is 32.2. The minimum atomic E-state index is -4.63. The number of nitrogens with one attached hydrogen (secondary N) is 1. The average Bonchev–Trinajstić information content (AvgIpc) is 2.56. The molecule has 0 spiro atoms. The van der Waals surface area contributed by atoms with E-state index in [0.717, 1.165) is 31.6 Å². The Kier molecular flexibility index (Phi) is 6.28. The van der Waals surface area contributed by atoms with E-state index in [0.29, 0.717) is 12.6 Å². The Morgan fingerprint density at radius 2 is 1.96 bits per heavy atom. The molecule has 1 amide bonds. The zero-order valence-electron chi connectivity index (χ0n) is 13.5. The maximum absolute atomic E-state index is 12.5. The predicted octanol–water partition coefficient (Wildman–Crippen LogP) is 2.29. The molecule has 1 N–H and O–H groups in total. The molecule has 0 bridgehead atoms. The molecule has 134 valence electrons. The Morgan fingerprint density at radius 1 is 1.29 bits per heavy atom. The van der Waals surface area contributed by atoms with Crippen LogP contribution in [-0.4, -0.2) is 50.7 Å². The number of hydrogen-bond donors (Lipinski definition) is 1. The van der Waals surface area contributed by atoms with Crippen LogP contribution in [0, 0.1) is 0 Å². The van der Waals surface area contributed by atoms with E-state index in [9.17, 15) is 22.0 Å². The molecule has 1 aromatic rings. The third-order valence-electron chi connectivity index (χ3n) is 4.30. The summed E-state index contributed by atoms with van der Waals surface area (Å²) in [6, 6.07) is 5.06. The number of hydrogen-bond acceptors (Lipinski definition) is 4. The number of alkyl halides is 2. The first-order chi connectivity index (χ1) is 11.3. The summed E-state index contributed by atoms with van der Waals surface area (Å²) in [4.78, 5) is 13.9. The van der Waals surface area contributed by atoms with Crippen LogP contribution < -0.4 is 5.32 Å². The number of piperidine rings is 1. The molecule has 24 heavy (non-hydrogen) atoms. The van der Waals surface area contributed by atoms with Crippen molar-refractivity contribution in [1.29, 1.82) is 0 Å². The third-order valence-corrected chi connectivity index (χ3v) is 5.70. The van der Waals surface area contributed by atoms with Crippen LogP contribution in [0.5, 0.6) is 0 Å². The lowest BCUT2D eigenvalue weighted by Gasteiger charge is -2.33. The van der Waals surface area contributed by atoms with Gasteiger partial charge < -0.3 is 5.32 Å². The minimum Gasteiger partial charge on any atom is -0.351 e. The van der Waals surface area contributed by atoms with Crippen molar-refractivity contribution in [1.82, 2.24) is 10.2 Å². The quantitative estimate of drug-likeness (QED) is 0.845. The van der Waals surface area contributed by atoms with E-state index < -0.39 is 20.5 Å². The van der Waals surface area contributed by atoms with E-state index in [-0.39, 0.29) is 11.5 Å². The number of sulfone groups is 1. The lowest BCUT2D eigenvalue weighted by Crippen LogP contribution is -2.42. The summed E-state index contributed by atoms with van der Waals surface area (Å²) in [5, 5.41) is 2.77. The van der Waals surface area contributed by atoms with E-state index in [1.807, 2.05) is 0 Å². The second kappa shape index (κ2) is 8.02. The van der Waals surface area contributed by atoms with Crippen molar-refractivity contribution in [3.05, 3.63) is 29.8 Å². The van der Waals surface area contributed by atoms with Crippen molar-refractivity contribution in [3.8, 4) is 0 Å². The molecule has 1 fully saturated rings. The number of amides is 1. The number of nitrogens with zero attached hydrogens (tertiary/aromatic N) is 1. The van der Waals surface area contributed by atoms with Gasteiger partial charge in [0.25, 0.3) is 5.91 Å². The molecule has 1 atom stereocenters. The first kappa shape index (κ1) is 18.8. The van der Waals surface area contributed by atoms with Crippen molar-refractivity contribution in [2.75, 3.05) is 19.6 Å². The van der Waals surface area contributed by atoms with E-state index >= 15 is 0 Å². The maximum Gasteiger partial charge on any atom is 0.341 e. The molecular formula is C16H22F2N2O3S. The van der Waals surface area contributed by atoms with Crippen molar-refractivity contribution < 1.29 is 22.0 Å². The summed E-state index contributed by atoms with van der Waals surface area (Å²) in [5.41, 5.74) is 0.245. The van der Waals surface area contributed by atoms with Crippen LogP contribution in [0.4, 0.5) is 8.78 Å². The predicted molar refractivity (Wildman–Crippen MR) is 86.9 cm³/mol. The molecule has 0 saturated carbocycles. The third kappa shape index (κ3) is 4.51. The van der Waals surface area contributed by atoms with E-state index in [2.05, 4.69) is 17.1 Å². The number of benzene rings is 1. The molecule has 0 aromatic heterocycles. The number of rotatable bonds is 6. The van der Waals surface area contributed by atoms with Gasteiger partial charge in [-0.1, -0.05) is 6.42 Å². The van der Waals surface area contributed by atoms with Gasteiger partial charge in [-0.15, -0.1) is 0 Å². The molecule has 0 radical (unpaired) electrons. The van der Waals surface area contributed by atoms with E-state index in [1.54, 1.807) is 0 Å². The number of likely N-dealkylation sites (tertiary alicyclic amines) is 1. The molecule has 5 nitrogen and oxygen atoms in total. The Morgan fingerprint density at radius 3 is 2.54 bits per heavy atom. The molecule has 0 aliphatic carbocycles. The summed E-state index contributed by atoms with van der Waals surface area (Å²) in [6.45, 7) is 4.44. The lowest BCUT2D eigenvalue weighted by molar-refractivity contribution is 0.0938. The first-order valence-electron chi connectivity index (χ1n) is 7.96. The van der Waals surface area contributed by atoms with Crippen LogP contribution in [0.1, 0.15) is 36.5 Å². The zero-order chi connectivity index (χ0) is 17.7. The van der Waals surface area contributed by atoms with Crippen molar-refractivity contribution in [2.24, 2.45) is 0 Å². The molecular weight excluding hydrogens is 338 g/mol. The number of carbonyl (C=O) groups excluding carboxylic acids is 1. The Balaban J connectivity index is 1.89. The molecule has 8 heteroatoms. The molecule has 1 aliphatic heterocycles. The second-order valence-electron chi connectivity index (χ2n) is 5.97. The summed E-state index contributed by atoms with van der Waals surface area (Å²) in [6.07, 6.45) is 3.56. The highest BCUT2D eigenvalue weighted by molar-refractivity contribution is 7.91. The van der Waals surface area contributed by atoms with Crippen molar-refractivity contribution in [2.45, 2.75) is 42.9 Å². The molecule has 1 aliphatic rings. The number of halogens is 2. The molecule has 1 saturated heterocycles. The van der Waals surface area contributed by atoms with Gasteiger partial charge in [0.15, 0.2) is 0 Å². The fourth-order valence-electron chi connectivity index (χ4n) is 2.80. The van der Waals surface area contributed by atoms with Gasteiger partial charge >= 0.3 is 5.76 Å². The van der Waals surface area contributed by atoms with Gasteiger partial charge in [-0.3, -0.25) is 9.69 Å². The zero-order valence-corrected chi connectivity index (χ0v) is 14.4. The normalized spacial score (nSPS) is 19.4.